The van der Waals surface area contributed by atoms with Crippen LogP contribution in [0.25, 0.3) is 0 Å². The summed E-state index contributed by atoms with van der Waals surface area (Å²) in [6, 6.07) is 0. The van der Waals surface area contributed by atoms with Crippen LogP contribution in [0.15, 0.2) is 0 Å². The van der Waals surface area contributed by atoms with Crippen molar-refractivity contribution in [2.75, 3.05) is 12.3 Å². The Morgan fingerprint density at radius 1 is 1.44 bits per heavy atom. The molecule has 0 aliphatic carbocycles. The lowest BCUT2D eigenvalue weighted by Gasteiger charge is -2.20. The zero-order valence-electron chi connectivity index (χ0n) is 10.7. The van der Waals surface area contributed by atoms with Crippen LogP contribution in [0.3, 0.4) is 0 Å². The fourth-order valence-corrected chi connectivity index (χ4v) is 1.60. The van der Waals surface area contributed by atoms with E-state index in [1.807, 2.05) is 0 Å². The van der Waals surface area contributed by atoms with E-state index in [9.17, 15) is 9.90 Å². The predicted octanol–water partition coefficient (Wildman–Crippen LogP) is 2.01. The third-order valence-corrected chi connectivity index (χ3v) is 2.75. The van der Waals surface area contributed by atoms with Gasteiger partial charge in [-0.1, -0.05) is 13.8 Å². The number of nitrogens with one attached hydrogen (secondary N) is 1. The molecule has 0 radical (unpaired) electrons. The average molecular weight is 249 g/mol. The average Bonchev–Trinajstić information content (AvgIpc) is 2.08. The first-order chi connectivity index (χ1) is 7.20. The molecule has 0 aromatic heterocycles. The number of amides is 1. The van der Waals surface area contributed by atoms with Crippen LogP contribution in [-0.2, 0) is 4.74 Å². The highest BCUT2D eigenvalue weighted by Crippen LogP contribution is 2.10. The first-order valence-corrected chi connectivity index (χ1v) is 6.52. The number of carbonyl (C=O) groups is 1. The molecule has 1 amide bonds. The van der Waals surface area contributed by atoms with Crippen molar-refractivity contribution in [2.24, 2.45) is 0 Å². The highest BCUT2D eigenvalue weighted by Gasteiger charge is 2.16. The summed E-state index contributed by atoms with van der Waals surface area (Å²) in [5.74, 6) is 0.619. The van der Waals surface area contributed by atoms with E-state index in [2.05, 4.69) is 19.2 Å². The van der Waals surface area contributed by atoms with Crippen LogP contribution in [0, 0.1) is 0 Å². The molecule has 4 nitrogen and oxygen atoms in total. The molecule has 0 fully saturated rings. The van der Waals surface area contributed by atoms with Gasteiger partial charge in [0.25, 0.3) is 0 Å². The van der Waals surface area contributed by atoms with Gasteiger partial charge in [-0.3, -0.25) is 0 Å². The lowest BCUT2D eigenvalue weighted by Crippen LogP contribution is -2.37. The van der Waals surface area contributed by atoms with Gasteiger partial charge in [0.05, 0.1) is 6.10 Å². The zero-order chi connectivity index (χ0) is 12.8. The highest BCUT2D eigenvalue weighted by atomic mass is 32.2. The molecule has 0 saturated carbocycles. The van der Waals surface area contributed by atoms with E-state index in [0.717, 1.165) is 0 Å². The number of alkyl carbamates (subject to hydrolysis) is 1. The standard InChI is InChI=1S/C11H23NO3S/c1-8(2)16-7-9(13)6-12-10(14)15-11(3,4)5/h8-9,13H,6-7H2,1-5H3,(H,12,14). The van der Waals surface area contributed by atoms with Gasteiger partial charge < -0.3 is 15.2 Å². The molecular weight excluding hydrogens is 226 g/mol. The summed E-state index contributed by atoms with van der Waals surface area (Å²) in [5, 5.41) is 12.6. The van der Waals surface area contributed by atoms with Gasteiger partial charge in [0.1, 0.15) is 5.60 Å². The van der Waals surface area contributed by atoms with Crippen molar-refractivity contribution in [3.63, 3.8) is 0 Å². The van der Waals surface area contributed by atoms with Crippen LogP contribution in [0.4, 0.5) is 4.79 Å². The second kappa shape index (κ2) is 7.01. The third kappa shape index (κ3) is 10.1. The third-order valence-electron chi connectivity index (χ3n) is 1.50. The minimum absolute atomic E-state index is 0.231. The summed E-state index contributed by atoms with van der Waals surface area (Å²) < 4.78 is 5.05. The van der Waals surface area contributed by atoms with E-state index in [4.69, 9.17) is 4.74 Å². The molecule has 5 heteroatoms. The summed E-state index contributed by atoms with van der Waals surface area (Å²) in [4.78, 5) is 11.3. The Hall–Kier alpha value is -0.420. The maximum Gasteiger partial charge on any atom is 0.407 e. The van der Waals surface area contributed by atoms with Gasteiger partial charge in [-0.2, -0.15) is 11.8 Å². The molecule has 0 saturated heterocycles. The van der Waals surface area contributed by atoms with Gasteiger partial charge >= 0.3 is 6.09 Å². The fraction of sp³-hybridized carbons (Fsp3) is 0.909. The van der Waals surface area contributed by atoms with E-state index in [1.165, 1.54) is 0 Å². The number of thioether (sulfide) groups is 1. The van der Waals surface area contributed by atoms with E-state index in [-0.39, 0.29) is 6.54 Å². The predicted molar refractivity (Wildman–Crippen MR) is 67.8 cm³/mol. The number of carbonyl (C=O) groups excluding carboxylic acids is 1. The molecule has 1 atom stereocenters. The van der Waals surface area contributed by atoms with Crippen molar-refractivity contribution in [1.29, 1.82) is 0 Å². The van der Waals surface area contributed by atoms with E-state index in [0.29, 0.717) is 11.0 Å². The Morgan fingerprint density at radius 3 is 2.44 bits per heavy atom. The Kier molecular flexibility index (Phi) is 6.83. The highest BCUT2D eigenvalue weighted by molar-refractivity contribution is 7.99. The van der Waals surface area contributed by atoms with Crippen LogP contribution in [0.5, 0.6) is 0 Å². The Bertz CT molecular complexity index is 214. The number of hydrogen-bond donors (Lipinski definition) is 2. The smallest absolute Gasteiger partial charge is 0.407 e. The SMILES string of the molecule is CC(C)SCC(O)CNC(=O)OC(C)(C)C. The number of rotatable bonds is 5. The minimum Gasteiger partial charge on any atom is -0.444 e. The molecule has 0 aliphatic rings. The second-order valence-corrected chi connectivity index (χ2v) is 6.53. The van der Waals surface area contributed by atoms with Crippen LogP contribution >= 0.6 is 11.8 Å². The molecule has 16 heavy (non-hydrogen) atoms. The fourth-order valence-electron chi connectivity index (χ4n) is 0.878. The van der Waals surface area contributed by atoms with Gasteiger partial charge in [-0.05, 0) is 26.0 Å². The largest absolute Gasteiger partial charge is 0.444 e. The molecular formula is C11H23NO3S. The Balaban J connectivity index is 3.67. The van der Waals surface area contributed by atoms with Gasteiger partial charge in [-0.15, -0.1) is 0 Å². The molecule has 0 spiro atoms. The number of aliphatic hydroxyl groups is 1. The molecule has 0 aliphatic heterocycles. The molecule has 0 aromatic rings. The lowest BCUT2D eigenvalue weighted by atomic mass is 10.2. The van der Waals surface area contributed by atoms with Gasteiger partial charge in [-0.25, -0.2) is 4.79 Å². The van der Waals surface area contributed by atoms with Gasteiger partial charge in [0.15, 0.2) is 0 Å². The van der Waals surface area contributed by atoms with E-state index in [1.54, 1.807) is 32.5 Å². The first-order valence-electron chi connectivity index (χ1n) is 5.47. The quantitative estimate of drug-likeness (QED) is 0.782. The number of hydrogen-bond acceptors (Lipinski definition) is 4. The Morgan fingerprint density at radius 2 is 2.00 bits per heavy atom. The van der Waals surface area contributed by atoms with Crippen molar-refractivity contribution >= 4 is 17.9 Å². The van der Waals surface area contributed by atoms with Crippen LogP contribution in [0.1, 0.15) is 34.6 Å². The summed E-state index contributed by atoms with van der Waals surface area (Å²) >= 11 is 1.66. The van der Waals surface area contributed by atoms with Crippen LogP contribution in [-0.4, -0.2) is 40.5 Å². The first kappa shape index (κ1) is 15.6. The summed E-state index contributed by atoms with van der Waals surface area (Å²) in [7, 11) is 0. The van der Waals surface area contributed by atoms with E-state index >= 15 is 0 Å². The molecule has 96 valence electrons. The van der Waals surface area contributed by atoms with Crippen molar-refractivity contribution in [1.82, 2.24) is 5.32 Å². The van der Waals surface area contributed by atoms with Crippen molar-refractivity contribution in [3.8, 4) is 0 Å². The maximum atomic E-state index is 11.3. The lowest BCUT2D eigenvalue weighted by molar-refractivity contribution is 0.0499. The van der Waals surface area contributed by atoms with Crippen LogP contribution in [0.2, 0.25) is 0 Å². The van der Waals surface area contributed by atoms with E-state index < -0.39 is 17.8 Å². The van der Waals surface area contributed by atoms with Gasteiger partial charge in [0, 0.05) is 12.3 Å². The number of ether oxygens (including phenoxy) is 1. The van der Waals surface area contributed by atoms with Gasteiger partial charge in [0.2, 0.25) is 0 Å². The molecule has 0 bridgehead atoms. The molecule has 2 N–H and O–H groups in total. The summed E-state index contributed by atoms with van der Waals surface area (Å²) in [5.41, 5.74) is -0.498. The Labute approximate surface area is 102 Å². The normalized spacial score (nSPS) is 13.7. The molecule has 0 rings (SSSR count). The van der Waals surface area contributed by atoms with Crippen molar-refractivity contribution in [3.05, 3.63) is 0 Å². The van der Waals surface area contributed by atoms with Crippen molar-refractivity contribution < 1.29 is 14.6 Å². The van der Waals surface area contributed by atoms with Crippen molar-refractivity contribution in [2.45, 2.75) is 51.6 Å². The minimum atomic E-state index is -0.528. The second-order valence-electron chi connectivity index (χ2n) is 4.92. The molecule has 0 aromatic carbocycles. The monoisotopic (exact) mass is 249 g/mol. The summed E-state index contributed by atoms with van der Waals surface area (Å²) in [6.07, 6.45) is -1.01. The van der Waals surface area contributed by atoms with Crippen LogP contribution < -0.4 is 5.32 Å². The summed E-state index contributed by atoms with van der Waals surface area (Å²) in [6.45, 7) is 9.78. The topological polar surface area (TPSA) is 58.6 Å². The molecule has 0 heterocycles. The maximum absolute atomic E-state index is 11.3. The molecule has 1 unspecified atom stereocenters. The number of aliphatic hydroxyl groups excluding tert-OH is 1. The zero-order valence-corrected chi connectivity index (χ0v) is 11.6.